The Morgan fingerprint density at radius 3 is 2.81 bits per heavy atom. The smallest absolute Gasteiger partial charge is 0.257 e. The molecule has 0 saturated carbocycles. The Bertz CT molecular complexity index is 799. The monoisotopic (exact) mass is 374 g/mol. The van der Waals surface area contributed by atoms with E-state index in [9.17, 15) is 4.79 Å². The van der Waals surface area contributed by atoms with Gasteiger partial charge in [-0.3, -0.25) is 9.48 Å². The third-order valence-corrected chi connectivity index (χ3v) is 5.73. The van der Waals surface area contributed by atoms with Gasteiger partial charge in [-0.05, 0) is 51.2 Å². The van der Waals surface area contributed by atoms with Gasteiger partial charge in [0.15, 0.2) is 0 Å². The second-order valence-electron chi connectivity index (χ2n) is 7.31. The Morgan fingerprint density at radius 1 is 1.38 bits per heavy atom. The lowest BCUT2D eigenvalue weighted by molar-refractivity contribution is 0.0659. The molecule has 0 spiro atoms. The van der Waals surface area contributed by atoms with E-state index in [4.69, 9.17) is 17.3 Å². The number of hydrogen-bond donors (Lipinski definition) is 1. The standard InChI is InChI=1S/C20H27ClN4O/c1-13(22)16-8-6-10-24(11-16)20(26)19-14(2)23-25(15(19)3)12-17-7-4-5-9-18(17)21/h4-5,7,9,13,16H,6,8,10-12,22H2,1-3H3/t13-,16-/m0/s1. The predicted octanol–water partition coefficient (Wildman–Crippen LogP) is 3.40. The lowest BCUT2D eigenvalue weighted by Gasteiger charge is -2.34. The summed E-state index contributed by atoms with van der Waals surface area (Å²) in [7, 11) is 0. The molecule has 2 N–H and O–H groups in total. The van der Waals surface area contributed by atoms with Crippen LogP contribution in [0.1, 0.15) is 47.1 Å². The van der Waals surface area contributed by atoms with Crippen molar-refractivity contribution < 1.29 is 4.79 Å². The first-order valence-electron chi connectivity index (χ1n) is 9.20. The largest absolute Gasteiger partial charge is 0.338 e. The fourth-order valence-corrected chi connectivity index (χ4v) is 3.93. The number of nitrogens with two attached hydrogens (primary N) is 1. The van der Waals surface area contributed by atoms with Crippen LogP contribution in [0.25, 0.3) is 0 Å². The highest BCUT2D eigenvalue weighted by atomic mass is 35.5. The van der Waals surface area contributed by atoms with Crippen LogP contribution in [0.2, 0.25) is 5.02 Å². The first-order valence-corrected chi connectivity index (χ1v) is 9.58. The third-order valence-electron chi connectivity index (χ3n) is 5.36. The van der Waals surface area contributed by atoms with Crippen LogP contribution in [0.5, 0.6) is 0 Å². The molecule has 1 saturated heterocycles. The number of nitrogens with zero attached hydrogens (tertiary/aromatic N) is 3. The summed E-state index contributed by atoms with van der Waals surface area (Å²) in [4.78, 5) is 15.1. The quantitative estimate of drug-likeness (QED) is 0.891. The minimum Gasteiger partial charge on any atom is -0.338 e. The Balaban J connectivity index is 1.83. The first kappa shape index (κ1) is 18.9. The van der Waals surface area contributed by atoms with Crippen LogP contribution in [0.15, 0.2) is 24.3 Å². The number of piperidine rings is 1. The number of aromatic nitrogens is 2. The van der Waals surface area contributed by atoms with E-state index in [1.54, 1.807) is 0 Å². The Morgan fingerprint density at radius 2 is 2.12 bits per heavy atom. The zero-order chi connectivity index (χ0) is 18.8. The molecule has 1 aliphatic heterocycles. The molecule has 0 bridgehead atoms. The highest BCUT2D eigenvalue weighted by molar-refractivity contribution is 6.31. The predicted molar refractivity (Wildman–Crippen MR) is 105 cm³/mol. The van der Waals surface area contributed by atoms with Crippen LogP contribution >= 0.6 is 11.6 Å². The summed E-state index contributed by atoms with van der Waals surface area (Å²) in [6, 6.07) is 7.83. The number of hydrogen-bond acceptors (Lipinski definition) is 3. The zero-order valence-electron chi connectivity index (χ0n) is 15.7. The molecule has 1 amide bonds. The normalized spacial score (nSPS) is 18.8. The van der Waals surface area contributed by atoms with Crippen molar-refractivity contribution in [3.05, 3.63) is 51.8 Å². The number of amides is 1. The van der Waals surface area contributed by atoms with Gasteiger partial charge in [-0.25, -0.2) is 0 Å². The van der Waals surface area contributed by atoms with Crippen molar-refractivity contribution in [3.63, 3.8) is 0 Å². The van der Waals surface area contributed by atoms with E-state index in [1.807, 2.05) is 54.6 Å². The first-order chi connectivity index (χ1) is 12.4. The summed E-state index contributed by atoms with van der Waals surface area (Å²) in [5, 5.41) is 5.31. The number of carbonyl (C=O) groups is 1. The van der Waals surface area contributed by atoms with E-state index in [0.717, 1.165) is 42.9 Å². The highest BCUT2D eigenvalue weighted by Crippen LogP contribution is 2.24. The lowest BCUT2D eigenvalue weighted by Crippen LogP contribution is -2.45. The minimum absolute atomic E-state index is 0.0655. The van der Waals surface area contributed by atoms with Crippen molar-refractivity contribution >= 4 is 17.5 Å². The summed E-state index contributed by atoms with van der Waals surface area (Å²) in [5.74, 6) is 0.433. The molecule has 6 heteroatoms. The molecule has 0 radical (unpaired) electrons. The van der Waals surface area contributed by atoms with Gasteiger partial charge in [-0.15, -0.1) is 0 Å². The molecule has 2 atom stereocenters. The summed E-state index contributed by atoms with van der Waals surface area (Å²) in [5.41, 5.74) is 9.42. The average Bonchev–Trinajstić information content (AvgIpc) is 2.90. The van der Waals surface area contributed by atoms with E-state index in [-0.39, 0.29) is 11.9 Å². The van der Waals surface area contributed by atoms with Gasteiger partial charge in [-0.2, -0.15) is 5.10 Å². The van der Waals surface area contributed by atoms with Crippen molar-refractivity contribution in [3.8, 4) is 0 Å². The zero-order valence-corrected chi connectivity index (χ0v) is 16.5. The van der Waals surface area contributed by atoms with Gasteiger partial charge in [0.1, 0.15) is 0 Å². The summed E-state index contributed by atoms with van der Waals surface area (Å²) < 4.78 is 1.87. The van der Waals surface area contributed by atoms with Gasteiger partial charge in [0.2, 0.25) is 0 Å². The fourth-order valence-electron chi connectivity index (χ4n) is 3.73. The summed E-state index contributed by atoms with van der Waals surface area (Å²) >= 11 is 6.27. The minimum atomic E-state index is 0.0655. The van der Waals surface area contributed by atoms with Crippen LogP contribution in [0.4, 0.5) is 0 Å². The Labute approximate surface area is 160 Å². The van der Waals surface area contributed by atoms with Crippen molar-refractivity contribution in [2.24, 2.45) is 11.7 Å². The maximum Gasteiger partial charge on any atom is 0.257 e. The molecule has 5 nitrogen and oxygen atoms in total. The maximum absolute atomic E-state index is 13.1. The highest BCUT2D eigenvalue weighted by Gasteiger charge is 2.29. The summed E-state index contributed by atoms with van der Waals surface area (Å²) in [6.07, 6.45) is 2.09. The van der Waals surface area contributed by atoms with Crippen molar-refractivity contribution in [1.82, 2.24) is 14.7 Å². The molecule has 1 aliphatic rings. The van der Waals surface area contributed by atoms with Crippen molar-refractivity contribution in [1.29, 1.82) is 0 Å². The van der Waals surface area contributed by atoms with Crippen LogP contribution in [-0.4, -0.2) is 39.7 Å². The van der Waals surface area contributed by atoms with Crippen molar-refractivity contribution in [2.75, 3.05) is 13.1 Å². The fraction of sp³-hybridized carbons (Fsp3) is 0.500. The molecule has 1 aromatic heterocycles. The molecule has 2 aromatic rings. The number of benzene rings is 1. The van der Waals surface area contributed by atoms with E-state index >= 15 is 0 Å². The van der Waals surface area contributed by atoms with Crippen LogP contribution < -0.4 is 5.73 Å². The number of aryl methyl sites for hydroxylation is 1. The maximum atomic E-state index is 13.1. The molecule has 3 rings (SSSR count). The number of carbonyl (C=O) groups excluding carboxylic acids is 1. The van der Waals surface area contributed by atoms with Gasteiger partial charge >= 0.3 is 0 Å². The Hall–Kier alpha value is -1.85. The number of likely N-dealkylation sites (tertiary alicyclic amines) is 1. The molecule has 0 unspecified atom stereocenters. The van der Waals surface area contributed by atoms with E-state index in [1.165, 1.54) is 0 Å². The second kappa shape index (κ2) is 7.80. The van der Waals surface area contributed by atoms with Gasteiger partial charge in [-0.1, -0.05) is 29.8 Å². The third kappa shape index (κ3) is 3.79. The molecule has 0 aliphatic carbocycles. The molecular formula is C20H27ClN4O. The topological polar surface area (TPSA) is 64.2 Å². The van der Waals surface area contributed by atoms with E-state index < -0.39 is 0 Å². The molecule has 2 heterocycles. The molecule has 26 heavy (non-hydrogen) atoms. The van der Waals surface area contributed by atoms with Gasteiger partial charge in [0.05, 0.1) is 17.8 Å². The van der Waals surface area contributed by atoms with Crippen LogP contribution in [0.3, 0.4) is 0 Å². The second-order valence-corrected chi connectivity index (χ2v) is 7.71. The Kier molecular flexibility index (Phi) is 5.68. The molecule has 140 valence electrons. The van der Waals surface area contributed by atoms with Crippen LogP contribution in [0, 0.1) is 19.8 Å². The lowest BCUT2D eigenvalue weighted by atomic mass is 9.91. The van der Waals surface area contributed by atoms with Gasteiger partial charge in [0, 0.05) is 29.8 Å². The SMILES string of the molecule is Cc1nn(Cc2ccccc2Cl)c(C)c1C(=O)N1CCC[C@H]([C@H](C)N)C1. The van der Waals surface area contributed by atoms with Crippen LogP contribution in [-0.2, 0) is 6.54 Å². The van der Waals surface area contributed by atoms with Crippen molar-refractivity contribution in [2.45, 2.75) is 46.2 Å². The number of halogens is 1. The van der Waals surface area contributed by atoms with Gasteiger partial charge in [0.25, 0.3) is 5.91 Å². The van der Waals surface area contributed by atoms with E-state index in [0.29, 0.717) is 23.0 Å². The molecular weight excluding hydrogens is 348 g/mol. The van der Waals surface area contributed by atoms with Gasteiger partial charge < -0.3 is 10.6 Å². The molecule has 1 aromatic carbocycles. The van der Waals surface area contributed by atoms with E-state index in [2.05, 4.69) is 5.10 Å². The molecule has 1 fully saturated rings. The summed E-state index contributed by atoms with van der Waals surface area (Å²) in [6.45, 7) is 7.95. The number of rotatable bonds is 4. The average molecular weight is 375 g/mol.